The maximum absolute atomic E-state index is 14.3. The maximum atomic E-state index is 14.3. The minimum absolute atomic E-state index is 0.186. The largest absolute Gasteiger partial charge is 0.366 e. The topological polar surface area (TPSA) is 29.3 Å². The summed E-state index contributed by atoms with van der Waals surface area (Å²) in [5.41, 5.74) is 7.06. The molecular weight excluding hydrogens is 283 g/mol. The smallest absolute Gasteiger partial charge is 0.160 e. The Balaban J connectivity index is 2.37. The molecule has 1 saturated heterocycles. The zero-order valence-electron chi connectivity index (χ0n) is 10.2. The molecule has 0 spiro atoms. The normalized spacial score (nSPS) is 24.4. The van der Waals surface area contributed by atoms with E-state index in [0.29, 0.717) is 28.7 Å². The molecule has 1 aromatic carbocycles. The minimum atomic E-state index is -0.186. The average molecular weight is 301 g/mol. The van der Waals surface area contributed by atoms with E-state index in [9.17, 15) is 4.39 Å². The van der Waals surface area contributed by atoms with Crippen molar-refractivity contribution in [1.29, 1.82) is 0 Å². The van der Waals surface area contributed by atoms with Gasteiger partial charge in [0.05, 0.1) is 10.2 Å². The molecule has 0 aromatic heterocycles. The Kier molecular flexibility index (Phi) is 3.73. The molecule has 2 rings (SSSR count). The number of anilines is 1. The van der Waals surface area contributed by atoms with Crippen molar-refractivity contribution < 1.29 is 4.39 Å². The number of benzene rings is 1. The lowest BCUT2D eigenvalue weighted by molar-refractivity contribution is 0.604. The summed E-state index contributed by atoms with van der Waals surface area (Å²) in [6.45, 7) is 5.63. The Labute approximate surface area is 110 Å². The molecule has 94 valence electrons. The van der Waals surface area contributed by atoms with E-state index in [1.54, 1.807) is 0 Å². The molecule has 17 heavy (non-hydrogen) atoms. The molecule has 2 N–H and O–H groups in total. The standard InChI is InChI=1S/C13H18BrFN2/c1-8-5-9(2)17(7-8)11-4-3-10(6-16)12(14)13(11)15/h3-4,8-9H,5-7,16H2,1-2H3. The van der Waals surface area contributed by atoms with Gasteiger partial charge >= 0.3 is 0 Å². The third-order valence-electron chi connectivity index (χ3n) is 3.46. The van der Waals surface area contributed by atoms with Gasteiger partial charge in [0.1, 0.15) is 0 Å². The summed E-state index contributed by atoms with van der Waals surface area (Å²) in [5, 5.41) is 0. The van der Waals surface area contributed by atoms with Crippen LogP contribution in [0.5, 0.6) is 0 Å². The third kappa shape index (κ3) is 2.33. The van der Waals surface area contributed by atoms with Gasteiger partial charge in [0.25, 0.3) is 0 Å². The second kappa shape index (κ2) is 4.94. The van der Waals surface area contributed by atoms with Crippen LogP contribution in [0, 0.1) is 11.7 Å². The van der Waals surface area contributed by atoms with Crippen LogP contribution in [-0.2, 0) is 6.54 Å². The lowest BCUT2D eigenvalue weighted by Crippen LogP contribution is -2.27. The Bertz CT molecular complexity index is 422. The first-order valence-electron chi connectivity index (χ1n) is 5.98. The molecule has 0 radical (unpaired) electrons. The van der Waals surface area contributed by atoms with Crippen molar-refractivity contribution >= 4 is 21.6 Å². The van der Waals surface area contributed by atoms with Crippen molar-refractivity contribution in [3.05, 3.63) is 28.0 Å². The number of nitrogens with two attached hydrogens (primary N) is 1. The first-order chi connectivity index (χ1) is 8.04. The van der Waals surface area contributed by atoms with E-state index in [-0.39, 0.29) is 5.82 Å². The van der Waals surface area contributed by atoms with Gasteiger partial charge in [0, 0.05) is 19.1 Å². The second-order valence-corrected chi connectivity index (χ2v) is 5.71. The van der Waals surface area contributed by atoms with E-state index >= 15 is 0 Å². The molecule has 1 aliphatic heterocycles. The van der Waals surface area contributed by atoms with E-state index in [4.69, 9.17) is 5.73 Å². The van der Waals surface area contributed by atoms with Crippen molar-refractivity contribution in [3.8, 4) is 0 Å². The Morgan fingerprint density at radius 1 is 1.47 bits per heavy atom. The molecule has 1 aliphatic rings. The quantitative estimate of drug-likeness (QED) is 0.908. The summed E-state index contributed by atoms with van der Waals surface area (Å²) in [4.78, 5) is 2.14. The van der Waals surface area contributed by atoms with Crippen LogP contribution in [0.15, 0.2) is 16.6 Å². The van der Waals surface area contributed by atoms with Gasteiger partial charge in [-0.05, 0) is 46.8 Å². The molecule has 4 heteroatoms. The Morgan fingerprint density at radius 2 is 2.18 bits per heavy atom. The summed E-state index contributed by atoms with van der Waals surface area (Å²) < 4.78 is 14.8. The summed E-state index contributed by atoms with van der Waals surface area (Å²) in [6, 6.07) is 4.14. The molecule has 0 saturated carbocycles. The van der Waals surface area contributed by atoms with Gasteiger partial charge in [-0.3, -0.25) is 0 Å². The number of rotatable bonds is 2. The van der Waals surface area contributed by atoms with Gasteiger partial charge in [-0.25, -0.2) is 4.39 Å². The molecule has 0 aliphatic carbocycles. The fourth-order valence-corrected chi connectivity index (χ4v) is 3.09. The van der Waals surface area contributed by atoms with E-state index in [2.05, 4.69) is 34.7 Å². The maximum Gasteiger partial charge on any atom is 0.160 e. The van der Waals surface area contributed by atoms with E-state index in [0.717, 1.165) is 18.5 Å². The SMILES string of the molecule is CC1CC(C)N(c2ccc(CN)c(Br)c2F)C1. The highest BCUT2D eigenvalue weighted by Crippen LogP contribution is 2.34. The van der Waals surface area contributed by atoms with Crippen molar-refractivity contribution in [3.63, 3.8) is 0 Å². The van der Waals surface area contributed by atoms with Crippen LogP contribution in [0.25, 0.3) is 0 Å². The van der Waals surface area contributed by atoms with Crippen LogP contribution in [0.2, 0.25) is 0 Å². The summed E-state index contributed by atoms with van der Waals surface area (Å²) >= 11 is 3.29. The van der Waals surface area contributed by atoms with Crippen LogP contribution in [-0.4, -0.2) is 12.6 Å². The van der Waals surface area contributed by atoms with Gasteiger partial charge in [-0.15, -0.1) is 0 Å². The van der Waals surface area contributed by atoms with Gasteiger partial charge in [-0.2, -0.15) is 0 Å². The third-order valence-corrected chi connectivity index (χ3v) is 4.31. The first-order valence-corrected chi connectivity index (χ1v) is 6.77. The first kappa shape index (κ1) is 12.8. The van der Waals surface area contributed by atoms with Crippen LogP contribution in [0.1, 0.15) is 25.8 Å². The zero-order chi connectivity index (χ0) is 12.6. The van der Waals surface area contributed by atoms with Gasteiger partial charge in [0.2, 0.25) is 0 Å². The second-order valence-electron chi connectivity index (χ2n) is 4.92. The predicted molar refractivity (Wildman–Crippen MR) is 72.6 cm³/mol. The molecule has 1 fully saturated rings. The van der Waals surface area contributed by atoms with Gasteiger partial charge in [-0.1, -0.05) is 13.0 Å². The lowest BCUT2D eigenvalue weighted by atomic mass is 10.1. The molecule has 0 amide bonds. The number of nitrogens with zero attached hydrogens (tertiary/aromatic N) is 1. The monoisotopic (exact) mass is 300 g/mol. The van der Waals surface area contributed by atoms with Crippen molar-refractivity contribution in [2.75, 3.05) is 11.4 Å². The van der Waals surface area contributed by atoms with Crippen LogP contribution in [0.4, 0.5) is 10.1 Å². The number of hydrogen-bond acceptors (Lipinski definition) is 2. The number of halogens is 2. The summed E-state index contributed by atoms with van der Waals surface area (Å²) in [5.74, 6) is 0.436. The summed E-state index contributed by atoms with van der Waals surface area (Å²) in [6.07, 6.45) is 1.12. The molecule has 1 heterocycles. The molecule has 2 unspecified atom stereocenters. The lowest BCUT2D eigenvalue weighted by Gasteiger charge is -2.25. The number of hydrogen-bond donors (Lipinski definition) is 1. The van der Waals surface area contributed by atoms with Crippen molar-refractivity contribution in [2.45, 2.75) is 32.9 Å². The summed E-state index contributed by atoms with van der Waals surface area (Å²) in [7, 11) is 0. The van der Waals surface area contributed by atoms with Gasteiger partial charge in [0.15, 0.2) is 5.82 Å². The van der Waals surface area contributed by atoms with Crippen LogP contribution >= 0.6 is 15.9 Å². The van der Waals surface area contributed by atoms with Crippen LogP contribution in [0.3, 0.4) is 0 Å². The highest BCUT2D eigenvalue weighted by atomic mass is 79.9. The minimum Gasteiger partial charge on any atom is -0.366 e. The Morgan fingerprint density at radius 3 is 2.71 bits per heavy atom. The fourth-order valence-electron chi connectivity index (χ4n) is 2.59. The molecule has 0 bridgehead atoms. The highest BCUT2D eigenvalue weighted by Gasteiger charge is 2.28. The predicted octanol–water partition coefficient (Wildman–Crippen LogP) is 3.28. The molecular formula is C13H18BrFN2. The average Bonchev–Trinajstić information content (AvgIpc) is 2.62. The van der Waals surface area contributed by atoms with Crippen LogP contribution < -0.4 is 10.6 Å². The molecule has 2 nitrogen and oxygen atoms in total. The molecule has 2 atom stereocenters. The highest BCUT2D eigenvalue weighted by molar-refractivity contribution is 9.10. The van der Waals surface area contributed by atoms with E-state index in [1.807, 2.05) is 12.1 Å². The van der Waals surface area contributed by atoms with Crippen molar-refractivity contribution in [2.24, 2.45) is 11.7 Å². The van der Waals surface area contributed by atoms with Crippen molar-refractivity contribution in [1.82, 2.24) is 0 Å². The van der Waals surface area contributed by atoms with Gasteiger partial charge < -0.3 is 10.6 Å². The Hall–Kier alpha value is -0.610. The zero-order valence-corrected chi connectivity index (χ0v) is 11.8. The van der Waals surface area contributed by atoms with E-state index in [1.165, 1.54) is 0 Å². The molecule has 1 aromatic rings. The fraction of sp³-hybridized carbons (Fsp3) is 0.538. The van der Waals surface area contributed by atoms with E-state index < -0.39 is 0 Å².